The number of nitrogens with one attached hydrogen (secondary N) is 1. The lowest BCUT2D eigenvalue weighted by Crippen LogP contribution is -2.15. The lowest BCUT2D eigenvalue weighted by Gasteiger charge is -2.08. The third kappa shape index (κ3) is 2.14. The molecule has 2 rings (SSSR count). The van der Waals surface area contributed by atoms with E-state index in [0.29, 0.717) is 0 Å². The van der Waals surface area contributed by atoms with Crippen molar-refractivity contribution in [3.8, 4) is 0 Å². The summed E-state index contributed by atoms with van der Waals surface area (Å²) in [6.45, 7) is 1.67. The van der Waals surface area contributed by atoms with Gasteiger partial charge in [0.1, 0.15) is 0 Å². The molecule has 0 spiro atoms. The minimum Gasteiger partial charge on any atom is -0.394 e. The van der Waals surface area contributed by atoms with Crippen molar-refractivity contribution < 1.29 is 13.5 Å². The quantitative estimate of drug-likeness (QED) is 0.769. The monoisotopic (exact) mass is 268 g/mol. The van der Waals surface area contributed by atoms with Crippen LogP contribution >= 0.6 is 0 Å². The fourth-order valence-corrected chi connectivity index (χ4v) is 2.77. The maximum atomic E-state index is 11.5. The van der Waals surface area contributed by atoms with Crippen molar-refractivity contribution in [1.82, 2.24) is 4.98 Å². The number of hydrogen-bond acceptors (Lipinski definition) is 4. The highest BCUT2D eigenvalue weighted by molar-refractivity contribution is 7.90. The number of aliphatic hydroxyl groups excluding tert-OH is 1. The van der Waals surface area contributed by atoms with Crippen LogP contribution in [-0.2, 0) is 9.84 Å². The molecule has 1 aromatic heterocycles. The summed E-state index contributed by atoms with van der Waals surface area (Å²) < 4.78 is 23.1. The van der Waals surface area contributed by atoms with Crippen molar-refractivity contribution in [2.24, 2.45) is 5.73 Å². The van der Waals surface area contributed by atoms with Gasteiger partial charge in [-0.1, -0.05) is 0 Å². The molecule has 0 radical (unpaired) electrons. The van der Waals surface area contributed by atoms with Gasteiger partial charge in [0.2, 0.25) is 0 Å². The molecule has 0 saturated carbocycles. The smallest absolute Gasteiger partial charge is 0.175 e. The molecule has 0 aliphatic rings. The lowest BCUT2D eigenvalue weighted by molar-refractivity contribution is 0.268. The SMILES string of the molecule is Cc1[nH]c2ccc(S(C)(=O)=O)cc2c1C(N)CO. The van der Waals surface area contributed by atoms with Gasteiger partial charge in [-0.05, 0) is 30.7 Å². The molecule has 18 heavy (non-hydrogen) atoms. The van der Waals surface area contributed by atoms with Crippen molar-refractivity contribution in [3.05, 3.63) is 29.5 Å². The van der Waals surface area contributed by atoms with E-state index in [4.69, 9.17) is 10.8 Å². The number of fused-ring (bicyclic) bond motifs is 1. The Labute approximate surface area is 106 Å². The summed E-state index contributed by atoms with van der Waals surface area (Å²) in [4.78, 5) is 3.39. The van der Waals surface area contributed by atoms with E-state index >= 15 is 0 Å². The second-order valence-corrected chi connectivity index (χ2v) is 6.45. The molecule has 98 valence electrons. The average molecular weight is 268 g/mol. The third-order valence-electron chi connectivity index (χ3n) is 3.00. The number of rotatable bonds is 3. The largest absolute Gasteiger partial charge is 0.394 e. The van der Waals surface area contributed by atoms with E-state index in [1.807, 2.05) is 6.92 Å². The number of nitrogens with two attached hydrogens (primary N) is 1. The maximum Gasteiger partial charge on any atom is 0.175 e. The van der Waals surface area contributed by atoms with E-state index in [1.165, 1.54) is 6.26 Å². The summed E-state index contributed by atoms with van der Waals surface area (Å²) in [6, 6.07) is 4.35. The van der Waals surface area contributed by atoms with Crippen LogP contribution in [0.4, 0.5) is 0 Å². The molecular weight excluding hydrogens is 252 g/mol. The Morgan fingerprint density at radius 3 is 2.67 bits per heavy atom. The maximum absolute atomic E-state index is 11.5. The first-order valence-corrected chi connectivity index (χ1v) is 7.42. The number of aryl methyl sites for hydroxylation is 1. The highest BCUT2D eigenvalue weighted by atomic mass is 32.2. The Morgan fingerprint density at radius 2 is 2.11 bits per heavy atom. The zero-order valence-corrected chi connectivity index (χ0v) is 11.1. The molecule has 1 aromatic carbocycles. The van der Waals surface area contributed by atoms with Gasteiger partial charge in [-0.15, -0.1) is 0 Å². The Kier molecular flexibility index (Phi) is 3.18. The Balaban J connectivity index is 2.75. The van der Waals surface area contributed by atoms with E-state index in [2.05, 4.69) is 4.98 Å². The van der Waals surface area contributed by atoms with Gasteiger partial charge in [0, 0.05) is 22.9 Å². The van der Waals surface area contributed by atoms with Crippen LogP contribution in [0.1, 0.15) is 17.3 Å². The van der Waals surface area contributed by atoms with Crippen molar-refractivity contribution in [2.75, 3.05) is 12.9 Å². The van der Waals surface area contributed by atoms with Gasteiger partial charge in [-0.3, -0.25) is 0 Å². The molecule has 0 aliphatic heterocycles. The molecule has 0 bridgehead atoms. The van der Waals surface area contributed by atoms with Gasteiger partial charge in [0.25, 0.3) is 0 Å². The number of H-pyrrole nitrogens is 1. The average Bonchev–Trinajstić information content (AvgIpc) is 2.61. The molecule has 0 fully saturated rings. The molecule has 1 atom stereocenters. The number of hydrogen-bond donors (Lipinski definition) is 3. The zero-order valence-electron chi connectivity index (χ0n) is 10.3. The summed E-state index contributed by atoms with van der Waals surface area (Å²) in [5.41, 5.74) is 8.27. The van der Waals surface area contributed by atoms with Crippen LogP contribution in [-0.4, -0.2) is 31.4 Å². The summed E-state index contributed by atoms with van der Waals surface area (Å²) in [6.07, 6.45) is 1.17. The van der Waals surface area contributed by atoms with Crippen LogP contribution in [0.25, 0.3) is 10.9 Å². The third-order valence-corrected chi connectivity index (χ3v) is 4.11. The first kappa shape index (κ1) is 13.1. The molecule has 1 heterocycles. The van der Waals surface area contributed by atoms with Crippen LogP contribution in [0.15, 0.2) is 23.1 Å². The first-order chi connectivity index (χ1) is 8.34. The number of benzene rings is 1. The fraction of sp³-hybridized carbons (Fsp3) is 0.333. The van der Waals surface area contributed by atoms with Crippen molar-refractivity contribution >= 4 is 20.7 Å². The van der Waals surface area contributed by atoms with Gasteiger partial charge in [0.15, 0.2) is 9.84 Å². The second kappa shape index (κ2) is 4.38. The minimum atomic E-state index is -3.25. The number of aromatic amines is 1. The predicted molar refractivity (Wildman–Crippen MR) is 70.2 cm³/mol. The van der Waals surface area contributed by atoms with Gasteiger partial charge in [-0.2, -0.15) is 0 Å². The topological polar surface area (TPSA) is 96.2 Å². The summed E-state index contributed by atoms with van der Waals surface area (Å²) in [7, 11) is -3.25. The molecule has 2 aromatic rings. The normalized spacial score (nSPS) is 14.0. The van der Waals surface area contributed by atoms with Crippen molar-refractivity contribution in [1.29, 1.82) is 0 Å². The van der Waals surface area contributed by atoms with Gasteiger partial charge >= 0.3 is 0 Å². The summed E-state index contributed by atoms with van der Waals surface area (Å²) in [5, 5.41) is 9.91. The molecule has 0 aliphatic carbocycles. The molecule has 5 nitrogen and oxygen atoms in total. The van der Waals surface area contributed by atoms with E-state index in [9.17, 15) is 8.42 Å². The number of aliphatic hydroxyl groups is 1. The number of aromatic nitrogens is 1. The highest BCUT2D eigenvalue weighted by Crippen LogP contribution is 2.28. The molecule has 0 saturated heterocycles. The Hall–Kier alpha value is -1.37. The lowest BCUT2D eigenvalue weighted by atomic mass is 10.0. The van der Waals surface area contributed by atoms with E-state index in [1.54, 1.807) is 18.2 Å². The van der Waals surface area contributed by atoms with Crippen LogP contribution in [0.3, 0.4) is 0 Å². The van der Waals surface area contributed by atoms with Crippen molar-refractivity contribution in [2.45, 2.75) is 17.9 Å². The van der Waals surface area contributed by atoms with Crippen LogP contribution in [0.2, 0.25) is 0 Å². The van der Waals surface area contributed by atoms with Gasteiger partial charge < -0.3 is 15.8 Å². The van der Waals surface area contributed by atoms with Gasteiger partial charge in [0.05, 0.1) is 17.5 Å². The van der Waals surface area contributed by atoms with E-state index < -0.39 is 15.9 Å². The van der Waals surface area contributed by atoms with E-state index in [-0.39, 0.29) is 11.5 Å². The molecule has 1 unspecified atom stereocenters. The van der Waals surface area contributed by atoms with E-state index in [0.717, 1.165) is 22.2 Å². The molecular formula is C12H16N2O3S. The Bertz CT molecular complexity index is 689. The first-order valence-electron chi connectivity index (χ1n) is 5.53. The molecule has 0 amide bonds. The fourth-order valence-electron chi connectivity index (χ4n) is 2.13. The van der Waals surface area contributed by atoms with Crippen LogP contribution in [0.5, 0.6) is 0 Å². The summed E-state index contributed by atoms with van der Waals surface area (Å²) in [5.74, 6) is 0. The highest BCUT2D eigenvalue weighted by Gasteiger charge is 2.17. The number of sulfone groups is 1. The van der Waals surface area contributed by atoms with Gasteiger partial charge in [-0.25, -0.2) is 8.42 Å². The summed E-state index contributed by atoms with van der Waals surface area (Å²) >= 11 is 0. The van der Waals surface area contributed by atoms with Crippen molar-refractivity contribution in [3.63, 3.8) is 0 Å². The van der Waals surface area contributed by atoms with Crippen LogP contribution in [0, 0.1) is 6.92 Å². The molecule has 4 N–H and O–H groups in total. The molecule has 6 heteroatoms. The standard InChI is InChI=1S/C12H16N2O3S/c1-7-12(10(13)6-15)9-5-8(18(2,16)17)3-4-11(9)14-7/h3-5,10,14-15H,6,13H2,1-2H3. The second-order valence-electron chi connectivity index (χ2n) is 4.43. The van der Waals surface area contributed by atoms with Crippen LogP contribution < -0.4 is 5.73 Å². The minimum absolute atomic E-state index is 0.184. The Morgan fingerprint density at radius 1 is 1.44 bits per heavy atom. The predicted octanol–water partition coefficient (Wildman–Crippen LogP) is 0.872. The zero-order chi connectivity index (χ0) is 13.5.